The van der Waals surface area contributed by atoms with Gasteiger partial charge in [0.2, 0.25) is 18.1 Å². The second-order valence-electron chi connectivity index (χ2n) is 6.85. The summed E-state index contributed by atoms with van der Waals surface area (Å²) in [5, 5.41) is 7.55. The van der Waals surface area contributed by atoms with E-state index in [4.69, 9.17) is 9.15 Å². The molecular weight excluding hydrogens is 366 g/mol. The molecule has 0 spiro atoms. The number of nitrogens with zero attached hydrogens (tertiary/aromatic N) is 3. The fourth-order valence-corrected chi connectivity index (χ4v) is 3.44. The predicted molar refractivity (Wildman–Crippen MR) is 109 cm³/mol. The lowest BCUT2D eigenvalue weighted by Gasteiger charge is -2.14. The van der Waals surface area contributed by atoms with Gasteiger partial charge in [-0.2, -0.15) is 0 Å². The van der Waals surface area contributed by atoms with Gasteiger partial charge >= 0.3 is 0 Å². The van der Waals surface area contributed by atoms with Crippen molar-refractivity contribution in [2.45, 2.75) is 26.9 Å². The van der Waals surface area contributed by atoms with Gasteiger partial charge in [0, 0.05) is 28.2 Å². The lowest BCUT2D eigenvalue weighted by Crippen LogP contribution is -2.24. The molecular formula is C23H21N3O3. The van der Waals surface area contributed by atoms with E-state index >= 15 is 0 Å². The van der Waals surface area contributed by atoms with Gasteiger partial charge in [-0.15, -0.1) is 10.2 Å². The van der Waals surface area contributed by atoms with E-state index in [0.717, 1.165) is 22.6 Å². The number of benzene rings is 2. The second kappa shape index (κ2) is 7.75. The highest BCUT2D eigenvalue weighted by Crippen LogP contribution is 2.24. The van der Waals surface area contributed by atoms with Crippen LogP contribution in [0.25, 0.3) is 17.1 Å². The Balaban J connectivity index is 1.53. The average Bonchev–Trinajstić information content (AvgIpc) is 3.37. The van der Waals surface area contributed by atoms with Crippen LogP contribution in [0.1, 0.15) is 28.7 Å². The van der Waals surface area contributed by atoms with Crippen LogP contribution in [0.5, 0.6) is 5.75 Å². The van der Waals surface area contributed by atoms with Gasteiger partial charge < -0.3 is 13.7 Å². The number of hydrogen-bond acceptors (Lipinski definition) is 5. The van der Waals surface area contributed by atoms with E-state index in [1.807, 2.05) is 62.4 Å². The predicted octanol–water partition coefficient (Wildman–Crippen LogP) is 4.79. The first kappa shape index (κ1) is 18.7. The van der Waals surface area contributed by atoms with Gasteiger partial charge in [-0.05, 0) is 63.2 Å². The zero-order chi connectivity index (χ0) is 20.4. The van der Waals surface area contributed by atoms with Crippen molar-refractivity contribution < 1.29 is 13.9 Å². The Morgan fingerprint density at radius 2 is 1.79 bits per heavy atom. The Hall–Kier alpha value is -3.67. The molecule has 0 fully saturated rings. The fourth-order valence-electron chi connectivity index (χ4n) is 3.44. The summed E-state index contributed by atoms with van der Waals surface area (Å²) < 4.78 is 13.2. The molecule has 0 aliphatic rings. The van der Waals surface area contributed by atoms with E-state index in [9.17, 15) is 4.79 Å². The smallest absolute Gasteiger partial charge is 0.247 e. The average molecular weight is 387 g/mol. The van der Waals surface area contributed by atoms with E-state index in [1.54, 1.807) is 19.1 Å². The molecule has 2 heterocycles. The number of para-hydroxylation sites is 1. The molecule has 2 aromatic carbocycles. The van der Waals surface area contributed by atoms with Crippen LogP contribution in [0, 0.1) is 13.8 Å². The van der Waals surface area contributed by atoms with E-state index in [1.165, 1.54) is 6.39 Å². The van der Waals surface area contributed by atoms with Crippen LogP contribution in [0.4, 0.5) is 0 Å². The third-order valence-corrected chi connectivity index (χ3v) is 4.85. The van der Waals surface area contributed by atoms with Crippen molar-refractivity contribution in [1.82, 2.24) is 14.8 Å². The minimum absolute atomic E-state index is 0.0544. The Kier molecular flexibility index (Phi) is 4.99. The topological polar surface area (TPSA) is 70.2 Å². The molecule has 146 valence electrons. The zero-order valence-corrected chi connectivity index (χ0v) is 16.5. The summed E-state index contributed by atoms with van der Waals surface area (Å²) in [6.45, 7) is 5.72. The lowest BCUT2D eigenvalue weighted by molar-refractivity contribution is 0.0817. The van der Waals surface area contributed by atoms with Crippen molar-refractivity contribution in [1.29, 1.82) is 0 Å². The number of aromatic nitrogens is 3. The van der Waals surface area contributed by atoms with Crippen LogP contribution in [0.2, 0.25) is 0 Å². The third kappa shape index (κ3) is 3.69. The first-order valence-electron chi connectivity index (χ1n) is 9.36. The van der Waals surface area contributed by atoms with Crippen molar-refractivity contribution >= 4 is 5.78 Å². The summed E-state index contributed by atoms with van der Waals surface area (Å²) >= 11 is 0. The number of ether oxygens (including phenoxy) is 1. The molecule has 0 radical (unpaired) electrons. The van der Waals surface area contributed by atoms with Crippen molar-refractivity contribution in [2.24, 2.45) is 0 Å². The van der Waals surface area contributed by atoms with Crippen LogP contribution in [0.15, 0.2) is 71.5 Å². The maximum atomic E-state index is 13.0. The quantitative estimate of drug-likeness (QED) is 0.445. The summed E-state index contributed by atoms with van der Waals surface area (Å²) in [5.74, 6) is 0.987. The van der Waals surface area contributed by atoms with Gasteiger partial charge in [-0.1, -0.05) is 18.2 Å². The van der Waals surface area contributed by atoms with Crippen LogP contribution >= 0.6 is 0 Å². The van der Waals surface area contributed by atoms with Crippen LogP contribution in [-0.4, -0.2) is 26.7 Å². The van der Waals surface area contributed by atoms with Gasteiger partial charge in [0.05, 0.1) is 0 Å². The molecule has 6 nitrogen and oxygen atoms in total. The monoisotopic (exact) mass is 387 g/mol. The van der Waals surface area contributed by atoms with E-state index in [2.05, 4.69) is 14.8 Å². The normalized spacial score (nSPS) is 12.0. The maximum Gasteiger partial charge on any atom is 0.247 e. The highest BCUT2D eigenvalue weighted by Gasteiger charge is 2.23. The first-order chi connectivity index (χ1) is 14.0. The molecule has 0 aliphatic carbocycles. The van der Waals surface area contributed by atoms with Gasteiger partial charge in [0.15, 0.2) is 6.10 Å². The number of aryl methyl sites for hydroxylation is 1. The zero-order valence-electron chi connectivity index (χ0n) is 16.5. The van der Waals surface area contributed by atoms with Crippen molar-refractivity contribution in [3.63, 3.8) is 0 Å². The molecule has 1 atom stereocenters. The standard InChI is InChI=1S/C23H21N3O3/c1-15-13-21(16(2)26(15)19-7-5-4-6-8-19)22(27)17(3)29-20-11-9-18(10-12-20)23-25-24-14-28-23/h4-14,17H,1-3H3/t17-/m1/s1. The highest BCUT2D eigenvalue weighted by atomic mass is 16.5. The maximum absolute atomic E-state index is 13.0. The van der Waals surface area contributed by atoms with Crippen LogP contribution in [0.3, 0.4) is 0 Å². The SMILES string of the molecule is Cc1cc(C(=O)[C@@H](C)Oc2ccc(-c3nnco3)cc2)c(C)n1-c1ccccc1. The summed E-state index contributed by atoms with van der Waals surface area (Å²) in [5.41, 5.74) is 4.40. The van der Waals surface area contributed by atoms with Gasteiger partial charge in [-0.3, -0.25) is 4.79 Å². The molecule has 6 heteroatoms. The molecule has 0 unspecified atom stereocenters. The molecule has 0 saturated heterocycles. The van der Waals surface area contributed by atoms with Crippen molar-refractivity contribution in [3.05, 3.63) is 84.0 Å². The molecule has 0 bridgehead atoms. The second-order valence-corrected chi connectivity index (χ2v) is 6.85. The molecule has 0 amide bonds. The number of rotatable bonds is 6. The molecule has 4 aromatic rings. The van der Waals surface area contributed by atoms with Gasteiger partial charge in [0.25, 0.3) is 0 Å². The molecule has 0 saturated carbocycles. The summed E-state index contributed by atoms with van der Waals surface area (Å²) in [6.07, 6.45) is 0.667. The largest absolute Gasteiger partial charge is 0.483 e. The Labute approximate surface area is 168 Å². The van der Waals surface area contributed by atoms with Crippen molar-refractivity contribution in [3.8, 4) is 22.9 Å². The van der Waals surface area contributed by atoms with Gasteiger partial charge in [0.1, 0.15) is 5.75 Å². The fraction of sp³-hybridized carbons (Fsp3) is 0.174. The molecule has 0 N–H and O–H groups in total. The number of hydrogen-bond donors (Lipinski definition) is 0. The first-order valence-corrected chi connectivity index (χ1v) is 9.36. The molecule has 29 heavy (non-hydrogen) atoms. The van der Waals surface area contributed by atoms with E-state index < -0.39 is 6.10 Å². The van der Waals surface area contributed by atoms with Gasteiger partial charge in [-0.25, -0.2) is 0 Å². The molecule has 0 aliphatic heterocycles. The number of Topliss-reactive ketones (excluding diaryl/α,β-unsaturated/α-hetero) is 1. The minimum atomic E-state index is -0.617. The van der Waals surface area contributed by atoms with Crippen molar-refractivity contribution in [2.75, 3.05) is 0 Å². The van der Waals surface area contributed by atoms with Crippen LogP contribution < -0.4 is 4.74 Å². The van der Waals surface area contributed by atoms with Crippen LogP contribution in [-0.2, 0) is 0 Å². The Morgan fingerprint density at radius 3 is 2.45 bits per heavy atom. The van der Waals surface area contributed by atoms with E-state index in [0.29, 0.717) is 17.2 Å². The Bertz CT molecular complexity index is 1110. The highest BCUT2D eigenvalue weighted by molar-refractivity contribution is 6.00. The Morgan fingerprint density at radius 1 is 1.07 bits per heavy atom. The summed E-state index contributed by atoms with van der Waals surface area (Å²) in [6, 6.07) is 19.1. The lowest BCUT2D eigenvalue weighted by atomic mass is 10.1. The number of carbonyl (C=O) groups excluding carboxylic acids is 1. The number of ketones is 1. The molecule has 4 rings (SSSR count). The number of carbonyl (C=O) groups is 1. The minimum Gasteiger partial charge on any atom is -0.483 e. The third-order valence-electron chi connectivity index (χ3n) is 4.85. The van der Waals surface area contributed by atoms with E-state index in [-0.39, 0.29) is 5.78 Å². The molecule has 2 aromatic heterocycles. The summed E-state index contributed by atoms with van der Waals surface area (Å²) in [4.78, 5) is 13.0. The summed E-state index contributed by atoms with van der Waals surface area (Å²) in [7, 11) is 0.